The van der Waals surface area contributed by atoms with Gasteiger partial charge in [0.15, 0.2) is 11.3 Å². The first-order valence-corrected chi connectivity index (χ1v) is 19.0. The van der Waals surface area contributed by atoms with Gasteiger partial charge in [-0.3, -0.25) is 9.59 Å². The van der Waals surface area contributed by atoms with Crippen molar-refractivity contribution in [2.24, 2.45) is 0 Å². The first-order valence-electron chi connectivity index (χ1n) is 19.0. The number of nitrogens with one attached hydrogen (secondary N) is 2. The molecule has 2 N–H and O–H groups in total. The second kappa shape index (κ2) is 18.0. The number of nitrogens with zero attached hydrogens (tertiary/aromatic N) is 4. The number of fused-ring (bicyclic) bond motifs is 2. The van der Waals surface area contributed by atoms with Crippen molar-refractivity contribution in [1.29, 1.82) is 0 Å². The van der Waals surface area contributed by atoms with Crippen LogP contribution in [0.2, 0.25) is 0 Å². The lowest BCUT2D eigenvalue weighted by Crippen LogP contribution is -2.24. The third-order valence-corrected chi connectivity index (χ3v) is 9.80. The average molecular weight is 805 g/mol. The summed E-state index contributed by atoms with van der Waals surface area (Å²) in [6.45, 7) is 4.25. The second-order valence-corrected chi connectivity index (χ2v) is 13.9. The van der Waals surface area contributed by atoms with E-state index in [1.807, 2.05) is 67.6 Å². The summed E-state index contributed by atoms with van der Waals surface area (Å²) in [4.78, 5) is 42.6. The molecule has 300 valence electrons. The molecule has 0 aliphatic carbocycles. The Morgan fingerprint density at radius 3 is 1.70 bits per heavy atom. The molecule has 0 saturated carbocycles. The van der Waals surface area contributed by atoms with Crippen LogP contribution in [0.25, 0.3) is 44.3 Å². The van der Waals surface area contributed by atoms with Crippen molar-refractivity contribution in [1.82, 2.24) is 30.6 Å². The Hall–Kier alpha value is -7.47. The number of hydrogen-bond donors (Lipinski definition) is 2. The third-order valence-electron chi connectivity index (χ3n) is 9.80. The average Bonchev–Trinajstić information content (AvgIpc) is 3.27. The first-order chi connectivity index (χ1) is 29.0. The Morgan fingerprint density at radius 1 is 0.583 bits per heavy atom. The molecular weight excluding hydrogens is 766 g/mol. The molecule has 9 nitrogen and oxygen atoms in total. The molecule has 0 fully saturated rings. The predicted molar refractivity (Wildman–Crippen MR) is 226 cm³/mol. The number of pyridine rings is 4. The molecule has 4 aromatic heterocycles. The van der Waals surface area contributed by atoms with Crippen LogP contribution in [0.15, 0.2) is 146 Å². The molecule has 0 aliphatic heterocycles. The molecule has 8 aromatic rings. The van der Waals surface area contributed by atoms with Gasteiger partial charge in [-0.15, -0.1) is 0 Å². The molecule has 12 heteroatoms. The van der Waals surface area contributed by atoms with Gasteiger partial charge in [-0.05, 0) is 108 Å². The van der Waals surface area contributed by atoms with Crippen LogP contribution in [0.5, 0.6) is 5.75 Å². The SMILES string of the molecule is COc1ccc(-c2cccc(CNC(=O)c3cc4cccnc4nc3C)c2)cc1.Cc1nc2ncccc2cc1C(=O)NCc1ccc(-c2ccccc2C(F)(F)F)cc1. The predicted octanol–water partition coefficient (Wildman–Crippen LogP) is 10.1. The van der Waals surface area contributed by atoms with Crippen molar-refractivity contribution in [2.75, 3.05) is 7.11 Å². The van der Waals surface area contributed by atoms with Gasteiger partial charge in [-0.25, -0.2) is 19.9 Å². The molecule has 8 rings (SSSR count). The van der Waals surface area contributed by atoms with Gasteiger partial charge in [0.2, 0.25) is 0 Å². The summed E-state index contributed by atoms with van der Waals surface area (Å²) in [6.07, 6.45) is -1.08. The standard InChI is InChI=1S/C24H18F3N3O.C24H21N3O2/c1-15-20(13-18-5-4-12-28-22(18)30-15)23(31)29-14-16-8-10-17(11-9-16)19-6-2-3-7-21(19)24(25,26)27;1-16-22(14-20-7-4-12-25-23(20)27-16)24(28)26-15-17-5-3-6-19(13-17)18-8-10-21(29-2)11-9-18/h2-13H,14H2,1H3,(H,29,31);3-14H,15H2,1-2H3,(H,26,28). The summed E-state index contributed by atoms with van der Waals surface area (Å²) in [5.74, 6) is 0.407. The van der Waals surface area contributed by atoms with Gasteiger partial charge in [0.05, 0.1) is 35.2 Å². The molecule has 4 heterocycles. The molecule has 2 amide bonds. The lowest BCUT2D eigenvalue weighted by Gasteiger charge is -2.13. The monoisotopic (exact) mass is 804 g/mol. The van der Waals surface area contributed by atoms with E-state index in [0.29, 0.717) is 45.9 Å². The molecule has 60 heavy (non-hydrogen) atoms. The molecule has 0 unspecified atom stereocenters. The highest BCUT2D eigenvalue weighted by Crippen LogP contribution is 2.37. The van der Waals surface area contributed by atoms with Crippen molar-refractivity contribution in [3.63, 3.8) is 0 Å². The van der Waals surface area contributed by atoms with E-state index in [1.54, 1.807) is 68.9 Å². The number of carbonyl (C=O) groups excluding carboxylic acids is 2. The van der Waals surface area contributed by atoms with E-state index in [1.165, 1.54) is 12.1 Å². The van der Waals surface area contributed by atoms with Crippen molar-refractivity contribution in [2.45, 2.75) is 33.1 Å². The fourth-order valence-corrected chi connectivity index (χ4v) is 6.63. The maximum atomic E-state index is 13.3. The molecular formula is C48H39F3N6O3. The van der Waals surface area contributed by atoms with Gasteiger partial charge < -0.3 is 15.4 Å². The zero-order valence-corrected chi connectivity index (χ0v) is 32.9. The Kier molecular flexibility index (Phi) is 12.2. The van der Waals surface area contributed by atoms with E-state index < -0.39 is 11.7 Å². The van der Waals surface area contributed by atoms with Crippen LogP contribution in [0, 0.1) is 13.8 Å². The Bertz CT molecular complexity index is 2810. The minimum atomic E-state index is -4.43. The molecule has 4 aromatic carbocycles. The number of alkyl halides is 3. The first kappa shape index (κ1) is 40.7. The van der Waals surface area contributed by atoms with Crippen molar-refractivity contribution < 1.29 is 27.5 Å². The lowest BCUT2D eigenvalue weighted by molar-refractivity contribution is -0.137. The number of hydrogen-bond acceptors (Lipinski definition) is 7. The van der Waals surface area contributed by atoms with E-state index in [0.717, 1.165) is 44.8 Å². The summed E-state index contributed by atoms with van der Waals surface area (Å²) in [7, 11) is 1.65. The Balaban J connectivity index is 0.000000182. The normalized spacial score (nSPS) is 11.1. The van der Waals surface area contributed by atoms with Crippen LogP contribution in [-0.2, 0) is 19.3 Å². The van der Waals surface area contributed by atoms with Gasteiger partial charge in [-0.1, -0.05) is 72.8 Å². The number of methoxy groups -OCH3 is 1. The highest BCUT2D eigenvalue weighted by Gasteiger charge is 2.33. The van der Waals surface area contributed by atoms with Crippen LogP contribution in [-0.4, -0.2) is 38.9 Å². The van der Waals surface area contributed by atoms with Gasteiger partial charge in [0.25, 0.3) is 11.8 Å². The summed E-state index contributed by atoms with van der Waals surface area (Å²) in [5.41, 5.74) is 7.38. The van der Waals surface area contributed by atoms with Crippen LogP contribution in [0.4, 0.5) is 13.2 Å². The van der Waals surface area contributed by atoms with E-state index in [-0.39, 0.29) is 23.9 Å². The summed E-state index contributed by atoms with van der Waals surface area (Å²) >= 11 is 0. The number of aryl methyl sites for hydroxylation is 2. The van der Waals surface area contributed by atoms with Crippen molar-refractivity contribution in [3.8, 4) is 28.0 Å². The highest BCUT2D eigenvalue weighted by molar-refractivity contribution is 5.99. The van der Waals surface area contributed by atoms with Gasteiger partial charge in [0.1, 0.15) is 5.75 Å². The smallest absolute Gasteiger partial charge is 0.417 e. The van der Waals surface area contributed by atoms with E-state index >= 15 is 0 Å². The number of carbonyl (C=O) groups is 2. The topological polar surface area (TPSA) is 119 Å². The van der Waals surface area contributed by atoms with Crippen LogP contribution in [0.3, 0.4) is 0 Å². The molecule has 0 saturated heterocycles. The van der Waals surface area contributed by atoms with Crippen LogP contribution >= 0.6 is 0 Å². The Morgan fingerprint density at radius 2 is 1.13 bits per heavy atom. The lowest BCUT2D eigenvalue weighted by atomic mass is 9.98. The summed E-state index contributed by atoms with van der Waals surface area (Å²) < 4.78 is 45.0. The highest BCUT2D eigenvalue weighted by atomic mass is 19.4. The minimum absolute atomic E-state index is 0.122. The van der Waals surface area contributed by atoms with Crippen LogP contribution < -0.4 is 15.4 Å². The molecule has 0 bridgehead atoms. The number of aromatic nitrogens is 4. The van der Waals surface area contributed by atoms with Gasteiger partial charge >= 0.3 is 6.18 Å². The van der Waals surface area contributed by atoms with E-state index in [9.17, 15) is 22.8 Å². The number of amides is 2. The summed E-state index contributed by atoms with van der Waals surface area (Å²) in [5, 5.41) is 7.46. The van der Waals surface area contributed by atoms with E-state index in [2.05, 4.69) is 42.7 Å². The third kappa shape index (κ3) is 9.62. The zero-order valence-electron chi connectivity index (χ0n) is 32.9. The fourth-order valence-electron chi connectivity index (χ4n) is 6.63. The maximum Gasteiger partial charge on any atom is 0.417 e. The number of ether oxygens (including phenoxy) is 1. The summed E-state index contributed by atoms with van der Waals surface area (Å²) in [6, 6.07) is 39.1. The largest absolute Gasteiger partial charge is 0.497 e. The molecule has 0 aliphatic rings. The second-order valence-electron chi connectivity index (χ2n) is 13.9. The maximum absolute atomic E-state index is 13.3. The minimum Gasteiger partial charge on any atom is -0.497 e. The quantitative estimate of drug-likeness (QED) is 0.149. The fraction of sp³-hybridized carbons (Fsp3) is 0.125. The number of rotatable bonds is 9. The molecule has 0 spiro atoms. The van der Waals surface area contributed by atoms with E-state index in [4.69, 9.17) is 4.74 Å². The number of benzene rings is 4. The van der Waals surface area contributed by atoms with Gasteiger partial charge in [0, 0.05) is 36.3 Å². The zero-order chi connectivity index (χ0) is 42.2. The molecule has 0 atom stereocenters. The number of halogens is 3. The molecule has 0 radical (unpaired) electrons. The Labute approximate surface area is 344 Å². The van der Waals surface area contributed by atoms with Gasteiger partial charge in [-0.2, -0.15) is 13.2 Å². The van der Waals surface area contributed by atoms with Crippen molar-refractivity contribution in [3.05, 3.63) is 185 Å². The van der Waals surface area contributed by atoms with Crippen molar-refractivity contribution >= 4 is 33.9 Å². The van der Waals surface area contributed by atoms with Crippen LogP contribution in [0.1, 0.15) is 48.8 Å².